The van der Waals surface area contributed by atoms with Gasteiger partial charge in [-0.2, -0.15) is 0 Å². The maximum absolute atomic E-state index is 9.57. The van der Waals surface area contributed by atoms with Crippen molar-refractivity contribution < 1.29 is 9.90 Å². The van der Waals surface area contributed by atoms with Crippen molar-refractivity contribution in [1.82, 2.24) is 0 Å². The van der Waals surface area contributed by atoms with E-state index in [-0.39, 0.29) is 0 Å². The Kier molecular flexibility index (Phi) is 34.0. The first kappa shape index (κ1) is 41.0. The molecule has 0 bridgehead atoms. The second-order valence-corrected chi connectivity index (χ2v) is 17.7. The van der Waals surface area contributed by atoms with Crippen LogP contribution in [0.25, 0.3) is 0 Å². The largest absolute Gasteiger partial charge is 0.480 e. The van der Waals surface area contributed by atoms with E-state index < -0.39 is 19.3 Å². The number of hydrogen-bond acceptors (Lipinski definition) is 2. The third kappa shape index (κ3) is 30.6. The third-order valence-electron chi connectivity index (χ3n) is 8.63. The van der Waals surface area contributed by atoms with E-state index in [1.165, 1.54) is 135 Å². The summed E-state index contributed by atoms with van der Waals surface area (Å²) in [4.78, 5) is 9.57. The molecule has 3 nitrogen and oxygen atoms in total. The summed E-state index contributed by atoms with van der Waals surface area (Å²) in [5.74, 6) is -0.963. The Morgan fingerprint density at radius 3 is 0.846 bits per heavy atom. The summed E-state index contributed by atoms with van der Waals surface area (Å²) < 4.78 is 0. The number of carboxylic acids is 1. The first-order valence-electron chi connectivity index (χ1n) is 17.9. The molecule has 0 unspecified atom stereocenters. The quantitative estimate of drug-likeness (QED) is 0.0691. The fourth-order valence-corrected chi connectivity index (χ4v) is 11.4. The molecular formula is C35H76NO2P. The van der Waals surface area contributed by atoms with E-state index >= 15 is 0 Å². The molecule has 0 aromatic carbocycles. The standard InChI is InChI=1S/C32H69P.C3H7NO2/c1-5-9-13-17-21-25-29-33(30-26-22-18-14-10-6-2,31-27-23-19-15-11-7-3)32-28-24-20-16-12-8-4;1-2(4)3(5)6/h33H,5-32H2,1-4H3;2H,4H2,1H3,(H,5,6)/t;2-/m.0/s1. The maximum Gasteiger partial charge on any atom is 0.320 e. The van der Waals surface area contributed by atoms with E-state index in [1.807, 2.05) is 0 Å². The van der Waals surface area contributed by atoms with Gasteiger partial charge < -0.3 is 10.8 Å². The molecule has 4 heteroatoms. The van der Waals surface area contributed by atoms with Crippen LogP contribution in [-0.4, -0.2) is 41.8 Å². The summed E-state index contributed by atoms with van der Waals surface area (Å²) in [6.45, 7) is 10.8. The monoisotopic (exact) mass is 574 g/mol. The summed E-state index contributed by atoms with van der Waals surface area (Å²) in [5, 5.41) is 7.87. The van der Waals surface area contributed by atoms with Crippen LogP contribution in [-0.2, 0) is 4.79 Å². The Balaban J connectivity index is 0. The van der Waals surface area contributed by atoms with E-state index in [0.717, 1.165) is 0 Å². The van der Waals surface area contributed by atoms with Crippen molar-refractivity contribution >= 4 is 13.2 Å². The molecule has 238 valence electrons. The van der Waals surface area contributed by atoms with Gasteiger partial charge in [0.1, 0.15) is 6.04 Å². The van der Waals surface area contributed by atoms with E-state index in [1.54, 1.807) is 50.3 Å². The van der Waals surface area contributed by atoms with Crippen LogP contribution in [0.4, 0.5) is 0 Å². The van der Waals surface area contributed by atoms with Crippen LogP contribution in [0.15, 0.2) is 0 Å². The van der Waals surface area contributed by atoms with Gasteiger partial charge >= 0.3 is 220 Å². The molecule has 0 aliphatic carbocycles. The molecule has 0 rings (SSSR count). The van der Waals surface area contributed by atoms with Gasteiger partial charge in [-0.25, -0.2) is 0 Å². The minimum atomic E-state index is -1.07. The van der Waals surface area contributed by atoms with Crippen molar-refractivity contribution in [1.29, 1.82) is 0 Å². The molecule has 0 aliphatic heterocycles. The van der Waals surface area contributed by atoms with Gasteiger partial charge in [-0.3, -0.25) is 4.79 Å². The van der Waals surface area contributed by atoms with Crippen LogP contribution in [0.1, 0.15) is 189 Å². The van der Waals surface area contributed by atoms with Crippen molar-refractivity contribution in [2.45, 2.75) is 195 Å². The molecule has 39 heavy (non-hydrogen) atoms. The van der Waals surface area contributed by atoms with Gasteiger partial charge in [0, 0.05) is 0 Å². The zero-order valence-corrected chi connectivity index (χ0v) is 28.8. The van der Waals surface area contributed by atoms with Gasteiger partial charge in [-0.15, -0.1) is 0 Å². The predicted molar refractivity (Wildman–Crippen MR) is 183 cm³/mol. The number of unbranched alkanes of at least 4 members (excludes halogenated alkanes) is 20. The van der Waals surface area contributed by atoms with Crippen LogP contribution in [0.5, 0.6) is 0 Å². The first-order valence-corrected chi connectivity index (χ1v) is 20.7. The number of rotatable bonds is 29. The van der Waals surface area contributed by atoms with Gasteiger partial charge in [0.15, 0.2) is 0 Å². The Hall–Kier alpha value is -0.140. The molecule has 0 heterocycles. The summed E-state index contributed by atoms with van der Waals surface area (Å²) >= 11 is 0. The predicted octanol–water partition coefficient (Wildman–Crippen LogP) is 11.6. The molecule has 0 amide bonds. The summed E-state index contributed by atoms with van der Waals surface area (Å²) in [5.41, 5.74) is 4.84. The van der Waals surface area contributed by atoms with Crippen LogP contribution >= 0.6 is 7.26 Å². The zero-order chi connectivity index (χ0) is 29.5. The number of hydrogen-bond donors (Lipinski definition) is 2. The average molecular weight is 574 g/mol. The number of carboxylic acid groups (broad SMARTS) is 1. The molecule has 0 radical (unpaired) electrons. The van der Waals surface area contributed by atoms with Gasteiger partial charge in [-0.1, -0.05) is 0 Å². The van der Waals surface area contributed by atoms with Gasteiger partial charge in [-0.05, 0) is 6.92 Å². The Morgan fingerprint density at radius 2 is 0.667 bits per heavy atom. The molecule has 3 N–H and O–H groups in total. The van der Waals surface area contributed by atoms with Crippen LogP contribution < -0.4 is 5.73 Å². The van der Waals surface area contributed by atoms with E-state index in [0.29, 0.717) is 0 Å². The first-order chi connectivity index (χ1) is 18.9. The fraction of sp³-hybridized carbons (Fsp3) is 0.971. The minimum absolute atomic E-state index is 0.731. The van der Waals surface area contributed by atoms with Crippen molar-refractivity contribution in [3.63, 3.8) is 0 Å². The second-order valence-electron chi connectivity index (χ2n) is 12.7. The number of aliphatic carboxylic acids is 1. The molecule has 0 fully saturated rings. The van der Waals surface area contributed by atoms with E-state index in [2.05, 4.69) is 27.7 Å². The zero-order valence-electron chi connectivity index (χ0n) is 27.8. The van der Waals surface area contributed by atoms with Crippen molar-refractivity contribution in [2.75, 3.05) is 24.6 Å². The fourth-order valence-electron chi connectivity index (χ4n) is 5.87. The SMILES string of the molecule is CCCCCCCC[PH](CCCCCCCC)(CCCCCCCC)CCCCCCCC.C[C@H](N)C(=O)O. The second kappa shape index (κ2) is 32.4. The van der Waals surface area contributed by atoms with E-state index in [4.69, 9.17) is 10.8 Å². The molecule has 0 aromatic heterocycles. The summed E-state index contributed by atoms with van der Waals surface area (Å²) in [7, 11) is -1.07. The van der Waals surface area contributed by atoms with E-state index in [9.17, 15) is 4.79 Å². The molecule has 0 saturated carbocycles. The summed E-state index contributed by atoms with van der Waals surface area (Å²) in [6.07, 6.45) is 42.4. The van der Waals surface area contributed by atoms with Crippen molar-refractivity contribution in [2.24, 2.45) is 5.73 Å². The van der Waals surface area contributed by atoms with Gasteiger partial charge in [0.25, 0.3) is 0 Å². The van der Waals surface area contributed by atoms with Gasteiger partial charge in [0.05, 0.1) is 0 Å². The minimum Gasteiger partial charge on any atom is -0.480 e. The van der Waals surface area contributed by atoms with Crippen molar-refractivity contribution in [3.8, 4) is 0 Å². The van der Waals surface area contributed by atoms with Gasteiger partial charge in [0.2, 0.25) is 0 Å². The Bertz CT molecular complexity index is 414. The Morgan fingerprint density at radius 1 is 0.487 bits per heavy atom. The van der Waals surface area contributed by atoms with Crippen molar-refractivity contribution in [3.05, 3.63) is 0 Å². The Labute approximate surface area is 248 Å². The normalized spacial score (nSPS) is 12.7. The molecule has 0 aliphatic rings. The van der Waals surface area contributed by atoms with Crippen LogP contribution in [0.2, 0.25) is 0 Å². The maximum atomic E-state index is 9.57. The number of carbonyl (C=O) groups is 1. The third-order valence-corrected chi connectivity index (χ3v) is 14.3. The smallest absolute Gasteiger partial charge is 0.320 e. The molecule has 0 saturated heterocycles. The topological polar surface area (TPSA) is 63.3 Å². The van der Waals surface area contributed by atoms with Crippen LogP contribution in [0.3, 0.4) is 0 Å². The molecule has 1 atom stereocenters. The summed E-state index contributed by atoms with van der Waals surface area (Å²) in [6, 6.07) is -0.731. The molecular weight excluding hydrogens is 497 g/mol. The number of nitrogens with two attached hydrogens (primary N) is 1. The van der Waals surface area contributed by atoms with Crippen LogP contribution in [0, 0.1) is 0 Å². The average Bonchev–Trinajstić information content (AvgIpc) is 2.92. The molecule has 0 aromatic rings. The molecule has 0 spiro atoms.